The van der Waals surface area contributed by atoms with Crippen molar-refractivity contribution >= 4 is 28.1 Å². The molecule has 2 aromatic heterocycles. The summed E-state index contributed by atoms with van der Waals surface area (Å²) in [5.74, 6) is -0.382. The number of thiazole rings is 1. The topological polar surface area (TPSA) is 57.8 Å². The van der Waals surface area contributed by atoms with Crippen LogP contribution in [0.1, 0.15) is 21.1 Å². The molecule has 0 radical (unpaired) electrons. The Bertz CT molecular complexity index is 837. The van der Waals surface area contributed by atoms with Crippen LogP contribution in [0.2, 0.25) is 0 Å². The largest absolute Gasteiger partial charge is 0.358 e. The van der Waals surface area contributed by atoms with Crippen molar-refractivity contribution in [3.8, 4) is 0 Å². The number of aromatic amines is 1. The minimum absolute atomic E-state index is 0.0840. The third-order valence-corrected chi connectivity index (χ3v) is 4.46. The average molecular weight is 317 g/mol. The van der Waals surface area contributed by atoms with Crippen LogP contribution in [-0.4, -0.2) is 15.9 Å². The highest BCUT2D eigenvalue weighted by Crippen LogP contribution is 2.23. The number of aromatic nitrogens is 2. The Hall–Kier alpha value is -2.21. The van der Waals surface area contributed by atoms with Crippen molar-refractivity contribution in [3.63, 3.8) is 0 Å². The minimum Gasteiger partial charge on any atom is -0.358 e. The van der Waals surface area contributed by atoms with E-state index in [1.165, 1.54) is 12.1 Å². The van der Waals surface area contributed by atoms with Crippen LogP contribution in [0.15, 0.2) is 24.4 Å². The van der Waals surface area contributed by atoms with Crippen LogP contribution in [0, 0.1) is 19.7 Å². The lowest BCUT2D eigenvalue weighted by atomic mass is 10.1. The Morgan fingerprint density at radius 1 is 1.41 bits per heavy atom. The summed E-state index contributed by atoms with van der Waals surface area (Å²) >= 11 is 1.56. The molecule has 1 aromatic carbocycles. The van der Waals surface area contributed by atoms with Crippen LogP contribution in [0.3, 0.4) is 0 Å². The molecule has 0 fully saturated rings. The number of carbonyl (C=O) groups is 1. The van der Waals surface area contributed by atoms with Crippen LogP contribution in [0.25, 0.3) is 10.9 Å². The third-order valence-electron chi connectivity index (χ3n) is 3.55. The lowest BCUT2D eigenvalue weighted by molar-refractivity contribution is -0.120. The molecule has 1 amide bonds. The zero-order chi connectivity index (χ0) is 15.7. The molecule has 0 aliphatic heterocycles. The highest BCUT2D eigenvalue weighted by molar-refractivity contribution is 7.11. The van der Waals surface area contributed by atoms with Gasteiger partial charge in [0.2, 0.25) is 5.91 Å². The van der Waals surface area contributed by atoms with Crippen LogP contribution in [-0.2, 0) is 17.8 Å². The number of halogens is 1. The monoisotopic (exact) mass is 317 g/mol. The third kappa shape index (κ3) is 3.01. The summed E-state index contributed by atoms with van der Waals surface area (Å²) < 4.78 is 13.4. The molecular formula is C16H16FN3OS. The first-order valence-corrected chi connectivity index (χ1v) is 7.79. The van der Waals surface area contributed by atoms with E-state index in [0.29, 0.717) is 6.54 Å². The van der Waals surface area contributed by atoms with Gasteiger partial charge in [-0.05, 0) is 37.6 Å². The predicted molar refractivity (Wildman–Crippen MR) is 85.4 cm³/mol. The summed E-state index contributed by atoms with van der Waals surface area (Å²) in [6.45, 7) is 4.30. The molecule has 0 aliphatic carbocycles. The fraction of sp³-hybridized carbons (Fsp3) is 0.250. The first kappa shape index (κ1) is 14.7. The van der Waals surface area contributed by atoms with Gasteiger partial charge in [0.05, 0.1) is 18.0 Å². The summed E-state index contributed by atoms with van der Waals surface area (Å²) in [4.78, 5) is 20.5. The van der Waals surface area contributed by atoms with Crippen molar-refractivity contribution in [3.05, 3.63) is 51.4 Å². The highest BCUT2D eigenvalue weighted by Gasteiger charge is 2.13. The van der Waals surface area contributed by atoms with E-state index < -0.39 is 0 Å². The summed E-state index contributed by atoms with van der Waals surface area (Å²) in [6.07, 6.45) is 2.00. The molecule has 3 rings (SSSR count). The van der Waals surface area contributed by atoms with Crippen molar-refractivity contribution < 1.29 is 9.18 Å². The number of hydrogen-bond donors (Lipinski definition) is 2. The number of H-pyrrole nitrogens is 1. The lowest BCUT2D eigenvalue weighted by Gasteiger charge is -2.04. The fourth-order valence-electron chi connectivity index (χ4n) is 2.48. The molecule has 3 aromatic rings. The first-order chi connectivity index (χ1) is 10.5. The van der Waals surface area contributed by atoms with E-state index in [-0.39, 0.29) is 18.1 Å². The van der Waals surface area contributed by atoms with Gasteiger partial charge in [-0.3, -0.25) is 4.79 Å². The number of benzene rings is 1. The van der Waals surface area contributed by atoms with Gasteiger partial charge in [-0.2, -0.15) is 0 Å². The van der Waals surface area contributed by atoms with Gasteiger partial charge in [-0.1, -0.05) is 0 Å². The van der Waals surface area contributed by atoms with Gasteiger partial charge in [0.1, 0.15) is 5.82 Å². The molecule has 4 nitrogen and oxygen atoms in total. The second-order valence-electron chi connectivity index (χ2n) is 5.22. The number of amides is 1. The second-order valence-corrected chi connectivity index (χ2v) is 6.54. The Morgan fingerprint density at radius 3 is 2.95 bits per heavy atom. The van der Waals surface area contributed by atoms with Crippen LogP contribution >= 0.6 is 11.3 Å². The van der Waals surface area contributed by atoms with Gasteiger partial charge in [0.15, 0.2) is 0 Å². The molecule has 0 unspecified atom stereocenters. The zero-order valence-corrected chi connectivity index (χ0v) is 13.2. The maximum absolute atomic E-state index is 13.4. The molecular weight excluding hydrogens is 301 g/mol. The smallest absolute Gasteiger partial charge is 0.224 e. The van der Waals surface area contributed by atoms with E-state index in [1.807, 2.05) is 13.8 Å². The molecule has 0 aliphatic rings. The first-order valence-electron chi connectivity index (χ1n) is 6.97. The number of fused-ring (bicyclic) bond motifs is 1. The van der Waals surface area contributed by atoms with Crippen LogP contribution in [0.5, 0.6) is 0 Å². The normalized spacial score (nSPS) is 11.0. The Kier molecular flexibility index (Phi) is 3.94. The molecule has 2 heterocycles. The summed E-state index contributed by atoms with van der Waals surface area (Å²) in [5.41, 5.74) is 2.58. The molecule has 6 heteroatoms. The van der Waals surface area contributed by atoms with E-state index in [9.17, 15) is 9.18 Å². The van der Waals surface area contributed by atoms with Crippen molar-refractivity contribution in [2.24, 2.45) is 0 Å². The maximum atomic E-state index is 13.4. The summed E-state index contributed by atoms with van der Waals surface area (Å²) in [6, 6.07) is 4.57. The molecule has 0 bridgehead atoms. The van der Waals surface area contributed by atoms with Crippen molar-refractivity contribution in [2.75, 3.05) is 0 Å². The molecule has 22 heavy (non-hydrogen) atoms. The molecule has 2 N–H and O–H groups in total. The molecule has 0 saturated carbocycles. The predicted octanol–water partition coefficient (Wildman–Crippen LogP) is 3.24. The molecule has 114 valence electrons. The number of hydrogen-bond acceptors (Lipinski definition) is 3. The van der Waals surface area contributed by atoms with Crippen LogP contribution in [0.4, 0.5) is 4.39 Å². The number of aryl methyl sites for hydroxylation is 2. The number of nitrogens with zero attached hydrogens (tertiary/aromatic N) is 1. The van der Waals surface area contributed by atoms with Gasteiger partial charge < -0.3 is 10.3 Å². The van der Waals surface area contributed by atoms with Crippen LogP contribution < -0.4 is 5.32 Å². The number of nitrogens with one attached hydrogen (secondary N) is 2. The second kappa shape index (κ2) is 5.88. The summed E-state index contributed by atoms with van der Waals surface area (Å²) in [5, 5.41) is 4.62. The number of rotatable bonds is 4. The standard InChI is InChI=1S/C16H16FN3OS/c1-9-13(14-5-11(17)3-4-15(14)20-9)6-16(21)19-8-12-7-18-10(2)22-12/h3-5,7,20H,6,8H2,1-2H3,(H,19,21). The van der Waals surface area contributed by atoms with Crippen molar-refractivity contribution in [2.45, 2.75) is 26.8 Å². The van der Waals surface area contributed by atoms with Gasteiger partial charge in [-0.25, -0.2) is 9.37 Å². The van der Waals surface area contributed by atoms with E-state index in [1.54, 1.807) is 23.6 Å². The molecule has 0 atom stereocenters. The van der Waals surface area contributed by atoms with Gasteiger partial charge >= 0.3 is 0 Å². The Balaban J connectivity index is 1.73. The minimum atomic E-state index is -0.298. The maximum Gasteiger partial charge on any atom is 0.224 e. The van der Waals surface area contributed by atoms with Gasteiger partial charge in [0.25, 0.3) is 0 Å². The lowest BCUT2D eigenvalue weighted by Crippen LogP contribution is -2.24. The van der Waals surface area contributed by atoms with Crippen molar-refractivity contribution in [1.29, 1.82) is 0 Å². The van der Waals surface area contributed by atoms with E-state index in [4.69, 9.17) is 0 Å². The average Bonchev–Trinajstić information content (AvgIpc) is 3.02. The highest BCUT2D eigenvalue weighted by atomic mass is 32.1. The van der Waals surface area contributed by atoms with Gasteiger partial charge in [-0.15, -0.1) is 11.3 Å². The molecule has 0 saturated heterocycles. The van der Waals surface area contributed by atoms with Crippen molar-refractivity contribution in [1.82, 2.24) is 15.3 Å². The van der Waals surface area contributed by atoms with Gasteiger partial charge in [0, 0.05) is 27.7 Å². The SMILES string of the molecule is Cc1ncc(CNC(=O)Cc2c(C)[nH]c3ccc(F)cc23)s1. The fourth-order valence-corrected chi connectivity index (χ4v) is 3.21. The Labute approximate surface area is 131 Å². The van der Waals surface area contributed by atoms with E-state index in [0.717, 1.165) is 32.0 Å². The quantitative estimate of drug-likeness (QED) is 0.776. The van der Waals surface area contributed by atoms with E-state index >= 15 is 0 Å². The molecule has 0 spiro atoms. The zero-order valence-electron chi connectivity index (χ0n) is 12.4. The van der Waals surface area contributed by atoms with E-state index in [2.05, 4.69) is 15.3 Å². The Morgan fingerprint density at radius 2 is 2.23 bits per heavy atom. The summed E-state index contributed by atoms with van der Waals surface area (Å²) in [7, 11) is 0. The number of carbonyl (C=O) groups excluding carboxylic acids is 1.